The van der Waals surface area contributed by atoms with Crippen LogP contribution in [0.3, 0.4) is 0 Å². The minimum Gasteiger partial charge on any atom is -0.309 e. The van der Waals surface area contributed by atoms with Crippen LogP contribution in [0.5, 0.6) is 0 Å². The molecule has 0 aliphatic heterocycles. The molecule has 2 heterocycles. The van der Waals surface area contributed by atoms with Gasteiger partial charge in [-0.25, -0.2) is 0 Å². The molecule has 2 heteroatoms. The van der Waals surface area contributed by atoms with E-state index in [9.17, 15) is 0 Å². The summed E-state index contributed by atoms with van der Waals surface area (Å²) in [5, 5.41) is 10.0. The Balaban J connectivity index is 1.35. The molecule has 0 saturated carbocycles. The maximum absolute atomic E-state index is 2.50. The average molecular weight is 585 g/mol. The number of hydrogen-bond acceptors (Lipinski definition) is 0. The van der Waals surface area contributed by atoms with Crippen LogP contribution in [0.4, 0.5) is 0 Å². The van der Waals surface area contributed by atoms with Gasteiger partial charge in [-0.05, 0) is 81.7 Å². The second kappa shape index (κ2) is 9.69. The second-order valence-corrected chi connectivity index (χ2v) is 12.2. The predicted octanol–water partition coefficient (Wildman–Crippen LogP) is 11.9. The Kier molecular flexibility index (Phi) is 5.31. The first kappa shape index (κ1) is 25.2. The number of rotatable bonds is 3. The van der Waals surface area contributed by atoms with Crippen molar-refractivity contribution in [3.63, 3.8) is 0 Å². The maximum Gasteiger partial charge on any atom is 0.0625 e. The summed E-state index contributed by atoms with van der Waals surface area (Å²) in [5.41, 5.74) is 9.69. The minimum absolute atomic E-state index is 1.16. The fourth-order valence-corrected chi connectivity index (χ4v) is 7.65. The molecule has 0 unspecified atom stereocenters. The largest absolute Gasteiger partial charge is 0.309 e. The number of para-hydroxylation sites is 3. The number of fused-ring (bicyclic) bond motifs is 8. The topological polar surface area (TPSA) is 9.86 Å². The number of aromatic nitrogens is 2. The monoisotopic (exact) mass is 584 g/mol. The van der Waals surface area contributed by atoms with E-state index in [4.69, 9.17) is 0 Å². The standard InChI is InChI=1S/C44H28N2/c1-2-15-33(16-3-1)45-40-20-10-8-18-36(40)38-28-34(24-25-42(38)45)46-41-21-11-9-19-37(41)39-27-31-14-6-7-17-35(31)43(44(39)46)32-23-22-29-12-4-5-13-30(29)26-32/h1-28H. The van der Waals surface area contributed by atoms with Gasteiger partial charge in [0.25, 0.3) is 0 Å². The van der Waals surface area contributed by atoms with E-state index in [0.29, 0.717) is 0 Å². The third-order valence-electron chi connectivity index (χ3n) is 9.65. The molecule has 0 radical (unpaired) electrons. The molecule has 0 aliphatic rings. The van der Waals surface area contributed by atoms with E-state index in [2.05, 4.69) is 179 Å². The Morgan fingerprint density at radius 1 is 0.304 bits per heavy atom. The minimum atomic E-state index is 1.16. The molecule has 0 amide bonds. The van der Waals surface area contributed by atoms with Gasteiger partial charge in [-0.15, -0.1) is 0 Å². The third kappa shape index (κ3) is 3.59. The quantitative estimate of drug-likeness (QED) is 0.195. The van der Waals surface area contributed by atoms with Crippen molar-refractivity contribution in [2.75, 3.05) is 0 Å². The smallest absolute Gasteiger partial charge is 0.0625 e. The summed E-state index contributed by atoms with van der Waals surface area (Å²) >= 11 is 0. The number of hydrogen-bond donors (Lipinski definition) is 0. The van der Waals surface area contributed by atoms with Crippen LogP contribution >= 0.6 is 0 Å². The fraction of sp³-hybridized carbons (Fsp3) is 0. The van der Waals surface area contributed by atoms with E-state index >= 15 is 0 Å². The highest BCUT2D eigenvalue weighted by molar-refractivity contribution is 6.22. The number of benzene rings is 8. The molecular formula is C44H28N2. The summed E-state index contributed by atoms with van der Waals surface area (Å²) in [6, 6.07) is 62.1. The zero-order valence-corrected chi connectivity index (χ0v) is 25.1. The molecular weight excluding hydrogens is 556 g/mol. The Bertz CT molecular complexity index is 2800. The summed E-state index contributed by atoms with van der Waals surface area (Å²) in [7, 11) is 0. The van der Waals surface area contributed by atoms with Crippen LogP contribution in [0.25, 0.3) is 87.7 Å². The molecule has 0 saturated heterocycles. The number of nitrogens with zero attached hydrogens (tertiary/aromatic N) is 2. The fourth-order valence-electron chi connectivity index (χ4n) is 7.65. The van der Waals surface area contributed by atoms with Crippen LogP contribution in [0.1, 0.15) is 0 Å². The van der Waals surface area contributed by atoms with Gasteiger partial charge in [-0.2, -0.15) is 0 Å². The van der Waals surface area contributed by atoms with E-state index in [-0.39, 0.29) is 0 Å². The lowest BCUT2D eigenvalue weighted by molar-refractivity contribution is 1.17. The molecule has 214 valence electrons. The van der Waals surface area contributed by atoms with Crippen molar-refractivity contribution in [3.8, 4) is 22.5 Å². The first-order chi connectivity index (χ1) is 22.8. The van der Waals surface area contributed by atoms with Crippen molar-refractivity contribution >= 4 is 65.2 Å². The Morgan fingerprint density at radius 3 is 1.72 bits per heavy atom. The van der Waals surface area contributed by atoms with E-state index in [1.807, 2.05) is 0 Å². The van der Waals surface area contributed by atoms with Gasteiger partial charge >= 0.3 is 0 Å². The van der Waals surface area contributed by atoms with Gasteiger partial charge in [0.15, 0.2) is 0 Å². The summed E-state index contributed by atoms with van der Waals surface area (Å²) < 4.78 is 4.88. The second-order valence-electron chi connectivity index (χ2n) is 12.2. The van der Waals surface area contributed by atoms with Gasteiger partial charge in [0.1, 0.15) is 0 Å². The highest BCUT2D eigenvalue weighted by atomic mass is 15.0. The van der Waals surface area contributed by atoms with Gasteiger partial charge in [-0.3, -0.25) is 0 Å². The maximum atomic E-state index is 2.50. The first-order valence-corrected chi connectivity index (χ1v) is 15.9. The van der Waals surface area contributed by atoms with Crippen molar-refractivity contribution in [1.82, 2.24) is 9.13 Å². The van der Waals surface area contributed by atoms with Crippen LogP contribution in [-0.2, 0) is 0 Å². The highest BCUT2D eigenvalue weighted by Crippen LogP contribution is 2.44. The average Bonchev–Trinajstić information content (AvgIpc) is 3.63. The van der Waals surface area contributed by atoms with E-state index in [1.54, 1.807) is 0 Å². The lowest BCUT2D eigenvalue weighted by Crippen LogP contribution is -1.97. The molecule has 46 heavy (non-hydrogen) atoms. The Morgan fingerprint density at radius 2 is 0.913 bits per heavy atom. The zero-order valence-electron chi connectivity index (χ0n) is 25.1. The SMILES string of the molecule is c1ccc(-n2c3ccccc3c3cc(-n4c5ccccc5c5cc6ccccc6c(-c6ccc7ccccc7c6)c54)ccc32)cc1. The van der Waals surface area contributed by atoms with Crippen LogP contribution < -0.4 is 0 Å². The Labute approximate surface area is 266 Å². The van der Waals surface area contributed by atoms with Crippen molar-refractivity contribution in [2.24, 2.45) is 0 Å². The predicted molar refractivity (Wildman–Crippen MR) is 196 cm³/mol. The van der Waals surface area contributed by atoms with E-state index in [0.717, 1.165) is 5.69 Å². The van der Waals surface area contributed by atoms with E-state index in [1.165, 1.54) is 82.0 Å². The van der Waals surface area contributed by atoms with Gasteiger partial charge in [0.05, 0.1) is 22.1 Å². The molecule has 0 atom stereocenters. The van der Waals surface area contributed by atoms with Crippen molar-refractivity contribution in [3.05, 3.63) is 170 Å². The molecule has 0 bridgehead atoms. The Hall–Kier alpha value is -6.12. The molecule has 0 spiro atoms. The summed E-state index contributed by atoms with van der Waals surface area (Å²) in [6.07, 6.45) is 0. The zero-order chi connectivity index (χ0) is 30.2. The normalized spacial score (nSPS) is 11.9. The van der Waals surface area contributed by atoms with Crippen LogP contribution in [0.2, 0.25) is 0 Å². The lowest BCUT2D eigenvalue weighted by Gasteiger charge is -2.15. The van der Waals surface area contributed by atoms with Crippen molar-refractivity contribution < 1.29 is 0 Å². The molecule has 0 N–H and O–H groups in total. The summed E-state index contributed by atoms with van der Waals surface area (Å²) in [5.74, 6) is 0. The molecule has 8 aromatic carbocycles. The molecule has 0 fully saturated rings. The highest BCUT2D eigenvalue weighted by Gasteiger charge is 2.21. The van der Waals surface area contributed by atoms with E-state index < -0.39 is 0 Å². The molecule has 10 rings (SSSR count). The van der Waals surface area contributed by atoms with Crippen molar-refractivity contribution in [2.45, 2.75) is 0 Å². The third-order valence-corrected chi connectivity index (χ3v) is 9.65. The lowest BCUT2D eigenvalue weighted by atomic mass is 9.93. The van der Waals surface area contributed by atoms with Gasteiger partial charge in [-0.1, -0.05) is 115 Å². The molecule has 10 aromatic rings. The summed E-state index contributed by atoms with van der Waals surface area (Å²) in [4.78, 5) is 0. The van der Waals surface area contributed by atoms with Gasteiger partial charge in [0, 0.05) is 38.5 Å². The molecule has 0 aliphatic carbocycles. The van der Waals surface area contributed by atoms with Crippen LogP contribution in [0.15, 0.2) is 170 Å². The molecule has 2 aromatic heterocycles. The first-order valence-electron chi connectivity index (χ1n) is 15.9. The van der Waals surface area contributed by atoms with Crippen LogP contribution in [-0.4, -0.2) is 9.13 Å². The summed E-state index contributed by atoms with van der Waals surface area (Å²) in [6.45, 7) is 0. The van der Waals surface area contributed by atoms with Crippen molar-refractivity contribution in [1.29, 1.82) is 0 Å². The van der Waals surface area contributed by atoms with Gasteiger partial charge < -0.3 is 9.13 Å². The van der Waals surface area contributed by atoms with Crippen LogP contribution in [0, 0.1) is 0 Å². The molecule has 2 nitrogen and oxygen atoms in total. The van der Waals surface area contributed by atoms with Gasteiger partial charge in [0.2, 0.25) is 0 Å².